The van der Waals surface area contributed by atoms with Crippen LogP contribution < -0.4 is 0 Å². The van der Waals surface area contributed by atoms with Gasteiger partial charge in [-0.05, 0) is 37.3 Å². The van der Waals surface area contributed by atoms with Crippen LogP contribution in [0.1, 0.15) is 18.2 Å². The second-order valence-electron chi connectivity index (χ2n) is 10.9. The first-order valence-electron chi connectivity index (χ1n) is 15.0. The summed E-state index contributed by atoms with van der Waals surface area (Å²) in [5.41, 5.74) is 8.94. The van der Waals surface area contributed by atoms with E-state index in [1.807, 2.05) is 73.8 Å². The zero-order valence-electron chi connectivity index (χ0n) is 24.8. The van der Waals surface area contributed by atoms with Crippen molar-refractivity contribution < 1.29 is 0 Å². The molecule has 214 valence electrons. The fraction of sp³-hybridized carbons (Fsp3) is 0.0250. The maximum atomic E-state index is 5.26. The molecule has 0 radical (unpaired) electrons. The van der Waals surface area contributed by atoms with Gasteiger partial charge in [0.15, 0.2) is 0 Å². The Kier molecular flexibility index (Phi) is 6.42. The topological polar surface area (TPSA) is 48.5 Å². The van der Waals surface area contributed by atoms with E-state index in [1.54, 1.807) is 0 Å². The third kappa shape index (κ3) is 4.28. The van der Waals surface area contributed by atoms with E-state index in [4.69, 9.17) is 15.0 Å². The SMILES string of the molecule is C=Cc1c(/C=C\C)n(-c2ccccn2)c2c1ccc1c3ccccc3n(-c3nc(-c4ccccc4)cc(-c4ccccc4)n3)c12. The molecule has 4 heterocycles. The molecule has 4 aromatic carbocycles. The van der Waals surface area contributed by atoms with Crippen LogP contribution >= 0.6 is 0 Å². The summed E-state index contributed by atoms with van der Waals surface area (Å²) in [7, 11) is 0. The lowest BCUT2D eigenvalue weighted by Gasteiger charge is -2.13. The molecular formula is C40H29N5. The molecule has 0 aliphatic carbocycles. The summed E-state index contributed by atoms with van der Waals surface area (Å²) < 4.78 is 4.46. The molecule has 0 atom stereocenters. The third-order valence-corrected chi connectivity index (χ3v) is 8.30. The Bertz CT molecular complexity index is 2320. The number of fused-ring (bicyclic) bond motifs is 5. The predicted molar refractivity (Wildman–Crippen MR) is 187 cm³/mol. The molecule has 0 amide bonds. The highest BCUT2D eigenvalue weighted by molar-refractivity contribution is 6.19. The van der Waals surface area contributed by atoms with Gasteiger partial charge in [-0.25, -0.2) is 15.0 Å². The van der Waals surface area contributed by atoms with Crippen molar-refractivity contribution in [1.29, 1.82) is 0 Å². The van der Waals surface area contributed by atoms with Crippen molar-refractivity contribution in [3.05, 3.63) is 151 Å². The summed E-state index contributed by atoms with van der Waals surface area (Å²) in [6.07, 6.45) is 7.97. The number of pyridine rings is 1. The average molecular weight is 580 g/mol. The van der Waals surface area contributed by atoms with Crippen LogP contribution in [-0.2, 0) is 0 Å². The minimum absolute atomic E-state index is 0.607. The standard InChI is InChI=1S/C40H29N5/c1-3-15-35-29(4-2)31-23-24-32-30-20-11-12-21-36(30)45(39(32)38(31)44(35)37-22-13-14-25-41-37)40-42-33(27-16-7-5-8-17-27)26-34(43-40)28-18-9-6-10-19-28/h3-26H,2H2,1H3/b15-3-. The lowest BCUT2D eigenvalue weighted by molar-refractivity contribution is 0.987. The number of nitrogens with zero attached hydrogens (tertiary/aromatic N) is 5. The second-order valence-corrected chi connectivity index (χ2v) is 10.9. The van der Waals surface area contributed by atoms with Gasteiger partial charge in [-0.2, -0.15) is 0 Å². The van der Waals surface area contributed by atoms with E-state index in [2.05, 4.69) is 94.6 Å². The molecular weight excluding hydrogens is 550 g/mol. The molecule has 0 unspecified atom stereocenters. The Hall–Kier alpha value is -6.07. The molecule has 5 nitrogen and oxygen atoms in total. The van der Waals surface area contributed by atoms with Crippen LogP contribution in [0.5, 0.6) is 0 Å². The van der Waals surface area contributed by atoms with Crippen LogP contribution in [0.3, 0.4) is 0 Å². The molecule has 0 saturated heterocycles. The fourth-order valence-electron chi connectivity index (χ4n) is 6.38. The molecule has 0 aliphatic rings. The molecule has 45 heavy (non-hydrogen) atoms. The van der Waals surface area contributed by atoms with Gasteiger partial charge in [0.25, 0.3) is 0 Å². The van der Waals surface area contributed by atoms with Gasteiger partial charge >= 0.3 is 0 Å². The van der Waals surface area contributed by atoms with Crippen molar-refractivity contribution in [3.8, 4) is 34.3 Å². The van der Waals surface area contributed by atoms with Crippen molar-refractivity contribution in [3.63, 3.8) is 0 Å². The number of hydrogen-bond acceptors (Lipinski definition) is 3. The van der Waals surface area contributed by atoms with Crippen LogP contribution in [-0.4, -0.2) is 24.1 Å². The lowest BCUT2D eigenvalue weighted by Crippen LogP contribution is -2.06. The first-order valence-corrected chi connectivity index (χ1v) is 15.0. The number of para-hydroxylation sites is 1. The Labute approximate surface area is 261 Å². The predicted octanol–water partition coefficient (Wildman–Crippen LogP) is 9.92. The summed E-state index contributed by atoms with van der Waals surface area (Å²) in [6, 6.07) is 41.6. The molecule has 0 aliphatic heterocycles. The summed E-state index contributed by atoms with van der Waals surface area (Å²) in [6.45, 7) is 6.26. The Morgan fingerprint density at radius 1 is 0.622 bits per heavy atom. The zero-order valence-corrected chi connectivity index (χ0v) is 24.8. The van der Waals surface area contributed by atoms with Gasteiger partial charge in [0.1, 0.15) is 5.82 Å². The molecule has 0 N–H and O–H groups in total. The van der Waals surface area contributed by atoms with Gasteiger partial charge in [0.2, 0.25) is 5.95 Å². The first kappa shape index (κ1) is 26.5. The van der Waals surface area contributed by atoms with Crippen molar-refractivity contribution in [2.24, 2.45) is 0 Å². The number of hydrogen-bond donors (Lipinski definition) is 0. The Morgan fingerprint density at radius 2 is 1.24 bits per heavy atom. The highest BCUT2D eigenvalue weighted by Crippen LogP contribution is 2.41. The highest BCUT2D eigenvalue weighted by atomic mass is 15.2. The van der Waals surface area contributed by atoms with E-state index in [-0.39, 0.29) is 0 Å². The summed E-state index contributed by atoms with van der Waals surface area (Å²) in [5, 5.41) is 3.33. The maximum absolute atomic E-state index is 5.26. The second kappa shape index (κ2) is 10.9. The Balaban J connectivity index is 1.57. The smallest absolute Gasteiger partial charge is 0.235 e. The van der Waals surface area contributed by atoms with E-state index in [0.717, 1.165) is 72.3 Å². The average Bonchev–Trinajstić information content (AvgIpc) is 3.61. The zero-order chi connectivity index (χ0) is 30.3. The van der Waals surface area contributed by atoms with Crippen molar-refractivity contribution >= 4 is 44.9 Å². The molecule has 0 saturated carbocycles. The molecule has 0 bridgehead atoms. The van der Waals surface area contributed by atoms with Crippen molar-refractivity contribution in [2.45, 2.75) is 6.92 Å². The van der Waals surface area contributed by atoms with Gasteiger partial charge in [0.05, 0.1) is 33.6 Å². The van der Waals surface area contributed by atoms with Crippen LogP contribution in [0.15, 0.2) is 140 Å². The van der Waals surface area contributed by atoms with Gasteiger partial charge in [-0.15, -0.1) is 0 Å². The molecule has 4 aromatic heterocycles. The van der Waals surface area contributed by atoms with E-state index in [1.165, 1.54) is 0 Å². The van der Waals surface area contributed by atoms with E-state index < -0.39 is 0 Å². The number of allylic oxidation sites excluding steroid dienone is 1. The minimum atomic E-state index is 0.607. The van der Waals surface area contributed by atoms with E-state index >= 15 is 0 Å². The molecule has 8 aromatic rings. The normalized spacial score (nSPS) is 11.7. The van der Waals surface area contributed by atoms with Crippen LogP contribution in [0.25, 0.3) is 79.1 Å². The highest BCUT2D eigenvalue weighted by Gasteiger charge is 2.24. The molecule has 0 spiro atoms. The van der Waals surface area contributed by atoms with Crippen molar-refractivity contribution in [1.82, 2.24) is 24.1 Å². The van der Waals surface area contributed by atoms with Gasteiger partial charge in [-0.1, -0.05) is 116 Å². The summed E-state index contributed by atoms with van der Waals surface area (Å²) in [5.74, 6) is 1.44. The van der Waals surface area contributed by atoms with Crippen LogP contribution in [0.2, 0.25) is 0 Å². The maximum Gasteiger partial charge on any atom is 0.235 e. The first-order chi connectivity index (χ1) is 22.3. The quantitative estimate of drug-likeness (QED) is 0.197. The van der Waals surface area contributed by atoms with Crippen LogP contribution in [0.4, 0.5) is 0 Å². The lowest BCUT2D eigenvalue weighted by atomic mass is 10.1. The minimum Gasteiger partial charge on any atom is -0.292 e. The molecule has 0 fully saturated rings. The van der Waals surface area contributed by atoms with E-state index in [0.29, 0.717) is 5.95 Å². The molecule has 8 rings (SSSR count). The monoisotopic (exact) mass is 579 g/mol. The fourth-order valence-corrected chi connectivity index (χ4v) is 6.38. The Morgan fingerprint density at radius 3 is 1.89 bits per heavy atom. The summed E-state index contributed by atoms with van der Waals surface area (Å²) in [4.78, 5) is 15.3. The third-order valence-electron chi connectivity index (χ3n) is 8.30. The van der Waals surface area contributed by atoms with Crippen molar-refractivity contribution in [2.75, 3.05) is 0 Å². The number of rotatable bonds is 6. The van der Waals surface area contributed by atoms with Gasteiger partial charge in [0, 0.05) is 39.0 Å². The van der Waals surface area contributed by atoms with Gasteiger partial charge in [-0.3, -0.25) is 9.13 Å². The van der Waals surface area contributed by atoms with E-state index in [9.17, 15) is 0 Å². The summed E-state index contributed by atoms with van der Waals surface area (Å²) >= 11 is 0. The van der Waals surface area contributed by atoms with Gasteiger partial charge < -0.3 is 0 Å². The largest absolute Gasteiger partial charge is 0.292 e. The number of aromatic nitrogens is 5. The number of benzene rings is 4. The van der Waals surface area contributed by atoms with Crippen LogP contribution in [0, 0.1) is 0 Å². The molecule has 5 heteroatoms.